The summed E-state index contributed by atoms with van der Waals surface area (Å²) in [6.45, 7) is 7.36. The molecule has 1 aliphatic heterocycles. The molecule has 0 radical (unpaired) electrons. The summed E-state index contributed by atoms with van der Waals surface area (Å²) < 4.78 is 0. The largest absolute Gasteiger partial charge is 0.299 e. The fraction of sp³-hybridized carbons (Fsp3) is 0.308. The second kappa shape index (κ2) is 3.52. The fourth-order valence-corrected chi connectivity index (χ4v) is 2.22. The summed E-state index contributed by atoms with van der Waals surface area (Å²) in [7, 11) is 0. The van der Waals surface area contributed by atoms with Crippen molar-refractivity contribution in [3.63, 3.8) is 0 Å². The van der Waals surface area contributed by atoms with Gasteiger partial charge in [0, 0.05) is 5.56 Å². The molecule has 88 valence electrons. The molecule has 4 nitrogen and oxygen atoms in total. The fourth-order valence-electron chi connectivity index (χ4n) is 2.22. The third kappa shape index (κ3) is 1.40. The molecule has 1 aromatic rings. The molecule has 1 aliphatic rings. The minimum atomic E-state index is -0.840. The molecule has 0 saturated heterocycles. The lowest BCUT2D eigenvalue weighted by Crippen LogP contribution is -2.43. The molecular weight excluding hydrogens is 218 g/mol. The highest BCUT2D eigenvalue weighted by molar-refractivity contribution is 6.49. The summed E-state index contributed by atoms with van der Waals surface area (Å²) in [5, 5.41) is 2.07. The van der Waals surface area contributed by atoms with Crippen molar-refractivity contribution < 1.29 is 14.4 Å². The lowest BCUT2D eigenvalue weighted by Gasteiger charge is -2.22. The van der Waals surface area contributed by atoms with Crippen LogP contribution in [0.2, 0.25) is 0 Å². The summed E-state index contributed by atoms with van der Waals surface area (Å²) >= 11 is 0. The van der Waals surface area contributed by atoms with Gasteiger partial charge >= 0.3 is 0 Å². The van der Waals surface area contributed by atoms with Crippen LogP contribution < -0.4 is 5.32 Å². The number of nitrogens with one attached hydrogen (secondary N) is 1. The highest BCUT2D eigenvalue weighted by Crippen LogP contribution is 2.28. The van der Waals surface area contributed by atoms with Crippen LogP contribution in [0, 0.1) is 27.7 Å². The summed E-state index contributed by atoms with van der Waals surface area (Å²) in [5.41, 5.74) is 4.03. The Balaban J connectivity index is 2.93. The van der Waals surface area contributed by atoms with Gasteiger partial charge in [-0.1, -0.05) is 0 Å². The van der Waals surface area contributed by atoms with Crippen molar-refractivity contribution in [3.8, 4) is 0 Å². The molecule has 0 aliphatic carbocycles. The Morgan fingerprint density at radius 3 is 1.65 bits per heavy atom. The molecule has 0 bridgehead atoms. The van der Waals surface area contributed by atoms with E-state index in [-0.39, 0.29) is 5.56 Å². The molecule has 0 fully saturated rings. The topological polar surface area (TPSA) is 63.2 Å². The lowest BCUT2D eigenvalue weighted by atomic mass is 9.85. The number of rotatable bonds is 0. The molecule has 1 heterocycles. The monoisotopic (exact) mass is 231 g/mol. The van der Waals surface area contributed by atoms with Gasteiger partial charge in [0.25, 0.3) is 17.6 Å². The molecule has 2 amide bonds. The number of amides is 2. The number of hydrogen-bond donors (Lipinski definition) is 1. The standard InChI is InChI=1S/C13H13NO3/c1-5-6(2)8(4)10-9(7(5)3)11(15)13(17)14-12(10)16/h1-4H3,(H,14,16,17). The van der Waals surface area contributed by atoms with Crippen molar-refractivity contribution in [3.05, 3.63) is 33.4 Å². The van der Waals surface area contributed by atoms with E-state index in [1.165, 1.54) is 0 Å². The first-order valence-corrected chi connectivity index (χ1v) is 5.36. The van der Waals surface area contributed by atoms with Crippen LogP contribution in [0.4, 0.5) is 0 Å². The van der Waals surface area contributed by atoms with E-state index in [4.69, 9.17) is 0 Å². The van der Waals surface area contributed by atoms with Crippen molar-refractivity contribution in [2.75, 3.05) is 0 Å². The van der Waals surface area contributed by atoms with Gasteiger partial charge in [-0.3, -0.25) is 19.7 Å². The molecule has 0 aromatic heterocycles. The minimum absolute atomic E-state index is 0.263. The summed E-state index contributed by atoms with van der Waals surface area (Å²) in [4.78, 5) is 35.0. The number of benzene rings is 1. The maximum Gasteiger partial charge on any atom is 0.299 e. The molecule has 0 atom stereocenters. The Hall–Kier alpha value is -1.97. The molecule has 0 spiro atoms. The van der Waals surface area contributed by atoms with E-state index in [0.717, 1.165) is 22.3 Å². The van der Waals surface area contributed by atoms with Gasteiger partial charge in [-0.25, -0.2) is 0 Å². The molecule has 0 saturated carbocycles. The van der Waals surface area contributed by atoms with Crippen molar-refractivity contribution in [2.45, 2.75) is 27.7 Å². The van der Waals surface area contributed by atoms with Crippen molar-refractivity contribution in [1.82, 2.24) is 5.32 Å². The maximum absolute atomic E-state index is 11.8. The number of hydrogen-bond acceptors (Lipinski definition) is 3. The highest BCUT2D eigenvalue weighted by atomic mass is 16.2. The van der Waals surface area contributed by atoms with E-state index >= 15 is 0 Å². The second-order valence-corrected chi connectivity index (χ2v) is 4.36. The van der Waals surface area contributed by atoms with Gasteiger partial charge in [-0.2, -0.15) is 0 Å². The summed E-state index contributed by atoms with van der Waals surface area (Å²) in [5.74, 6) is -1.94. The first kappa shape index (κ1) is 11.5. The van der Waals surface area contributed by atoms with E-state index in [2.05, 4.69) is 5.32 Å². The predicted octanol–water partition coefficient (Wildman–Crippen LogP) is 1.37. The van der Waals surface area contributed by atoms with Crippen LogP contribution in [0.25, 0.3) is 0 Å². The maximum atomic E-state index is 11.8. The zero-order valence-electron chi connectivity index (χ0n) is 10.2. The molecular formula is C13H13NO3. The highest BCUT2D eigenvalue weighted by Gasteiger charge is 2.34. The Kier molecular flexibility index (Phi) is 2.38. The summed E-state index contributed by atoms with van der Waals surface area (Å²) in [6, 6.07) is 0. The van der Waals surface area contributed by atoms with Crippen LogP contribution in [0.1, 0.15) is 43.0 Å². The molecule has 0 unspecified atom stereocenters. The number of Topliss-reactive ketones (excluding diaryl/α,β-unsaturated/α-hetero) is 1. The van der Waals surface area contributed by atoms with Crippen LogP contribution in [0.3, 0.4) is 0 Å². The average Bonchev–Trinajstić information content (AvgIpc) is 2.28. The van der Waals surface area contributed by atoms with Crippen LogP contribution in [-0.4, -0.2) is 17.6 Å². The van der Waals surface area contributed by atoms with Crippen LogP contribution in [-0.2, 0) is 4.79 Å². The van der Waals surface area contributed by atoms with Crippen molar-refractivity contribution in [2.24, 2.45) is 0 Å². The van der Waals surface area contributed by atoms with Crippen molar-refractivity contribution in [1.29, 1.82) is 0 Å². The van der Waals surface area contributed by atoms with Crippen molar-refractivity contribution >= 4 is 17.6 Å². The number of carbonyl (C=O) groups excluding carboxylic acids is 3. The summed E-state index contributed by atoms with van der Waals surface area (Å²) in [6.07, 6.45) is 0. The van der Waals surface area contributed by atoms with Gasteiger partial charge in [0.15, 0.2) is 0 Å². The first-order valence-electron chi connectivity index (χ1n) is 5.36. The van der Waals surface area contributed by atoms with E-state index < -0.39 is 17.6 Å². The van der Waals surface area contributed by atoms with E-state index in [1.807, 2.05) is 13.8 Å². The van der Waals surface area contributed by atoms with Gasteiger partial charge in [0.2, 0.25) is 0 Å². The quantitative estimate of drug-likeness (QED) is 0.542. The normalized spacial score (nSPS) is 14.7. The molecule has 1 N–H and O–H groups in total. The number of imide groups is 1. The smallest absolute Gasteiger partial charge is 0.285 e. The Morgan fingerprint density at radius 2 is 1.12 bits per heavy atom. The van der Waals surface area contributed by atoms with E-state index in [0.29, 0.717) is 5.56 Å². The van der Waals surface area contributed by atoms with Crippen LogP contribution >= 0.6 is 0 Å². The lowest BCUT2D eigenvalue weighted by molar-refractivity contribution is -0.116. The van der Waals surface area contributed by atoms with E-state index in [1.54, 1.807) is 13.8 Å². The number of fused-ring (bicyclic) bond motifs is 1. The van der Waals surface area contributed by atoms with Crippen LogP contribution in [0.15, 0.2) is 0 Å². The van der Waals surface area contributed by atoms with Gasteiger partial charge < -0.3 is 0 Å². The SMILES string of the molecule is Cc1c(C)c(C)c2c(c1C)C(=O)NC(=O)C2=O. The molecule has 17 heavy (non-hydrogen) atoms. The number of ketones is 1. The van der Waals surface area contributed by atoms with Gasteiger partial charge in [0.1, 0.15) is 0 Å². The molecule has 1 aromatic carbocycles. The molecule has 4 heteroatoms. The Labute approximate surface area is 99.0 Å². The number of carbonyl (C=O) groups is 3. The van der Waals surface area contributed by atoms with E-state index in [9.17, 15) is 14.4 Å². The Morgan fingerprint density at radius 1 is 0.647 bits per heavy atom. The van der Waals surface area contributed by atoms with Crippen LogP contribution in [0.5, 0.6) is 0 Å². The molecule has 2 rings (SSSR count). The average molecular weight is 231 g/mol. The minimum Gasteiger partial charge on any atom is -0.285 e. The first-order chi connectivity index (χ1) is 7.86. The third-order valence-electron chi connectivity index (χ3n) is 3.57. The Bertz CT molecular complexity index is 585. The predicted molar refractivity (Wildman–Crippen MR) is 62.2 cm³/mol. The van der Waals surface area contributed by atoms with Gasteiger partial charge in [-0.15, -0.1) is 0 Å². The van der Waals surface area contributed by atoms with Gasteiger partial charge in [-0.05, 0) is 49.9 Å². The second-order valence-electron chi connectivity index (χ2n) is 4.36. The zero-order chi connectivity index (χ0) is 12.9. The van der Waals surface area contributed by atoms with Gasteiger partial charge in [0.05, 0.1) is 5.56 Å². The third-order valence-corrected chi connectivity index (χ3v) is 3.57. The zero-order valence-corrected chi connectivity index (χ0v) is 10.2.